The molecular formula is C13H14F2N2O4. The number of carbonyl (C=O) groups excluding carboxylic acids is 1. The van der Waals surface area contributed by atoms with Gasteiger partial charge in [0.05, 0.1) is 6.10 Å². The Labute approximate surface area is 119 Å². The average Bonchev–Trinajstić information content (AvgIpc) is 2.84. The first-order valence-corrected chi connectivity index (χ1v) is 6.33. The summed E-state index contributed by atoms with van der Waals surface area (Å²) in [7, 11) is 0. The number of amides is 2. The number of urea groups is 1. The molecular weight excluding hydrogens is 286 g/mol. The number of carboxylic acids is 1. The van der Waals surface area contributed by atoms with E-state index in [1.54, 1.807) is 0 Å². The van der Waals surface area contributed by atoms with Crippen LogP contribution < -0.4 is 10.6 Å². The molecule has 0 aromatic heterocycles. The maximum absolute atomic E-state index is 12.9. The zero-order valence-corrected chi connectivity index (χ0v) is 10.9. The van der Waals surface area contributed by atoms with Gasteiger partial charge in [-0.05, 0) is 25.0 Å². The van der Waals surface area contributed by atoms with Crippen molar-refractivity contribution in [2.45, 2.75) is 25.0 Å². The van der Waals surface area contributed by atoms with Gasteiger partial charge in [0.2, 0.25) is 0 Å². The number of nitrogens with one attached hydrogen (secondary N) is 2. The van der Waals surface area contributed by atoms with E-state index in [9.17, 15) is 18.4 Å². The average molecular weight is 300 g/mol. The van der Waals surface area contributed by atoms with E-state index < -0.39 is 29.7 Å². The lowest BCUT2D eigenvalue weighted by Gasteiger charge is -2.13. The first-order chi connectivity index (χ1) is 9.94. The van der Waals surface area contributed by atoms with Crippen LogP contribution in [0.1, 0.15) is 12.8 Å². The normalized spacial score (nSPS) is 21.0. The molecule has 1 heterocycles. The molecule has 1 aromatic carbocycles. The monoisotopic (exact) mass is 300 g/mol. The fourth-order valence-corrected chi connectivity index (χ4v) is 2.05. The second kappa shape index (κ2) is 6.49. The minimum absolute atomic E-state index is 0.0132. The molecule has 2 unspecified atom stereocenters. The molecule has 3 N–H and O–H groups in total. The molecule has 1 saturated heterocycles. The number of rotatable bonds is 4. The molecule has 1 fully saturated rings. The highest BCUT2D eigenvalue weighted by Crippen LogP contribution is 2.19. The summed E-state index contributed by atoms with van der Waals surface area (Å²) < 4.78 is 31.1. The van der Waals surface area contributed by atoms with Gasteiger partial charge in [0.25, 0.3) is 0 Å². The Morgan fingerprint density at radius 1 is 1.24 bits per heavy atom. The molecule has 21 heavy (non-hydrogen) atoms. The fourth-order valence-electron chi connectivity index (χ4n) is 2.05. The van der Waals surface area contributed by atoms with Crippen molar-refractivity contribution in [2.75, 3.05) is 11.9 Å². The number of carbonyl (C=O) groups is 2. The molecule has 114 valence electrons. The lowest BCUT2D eigenvalue weighted by molar-refractivity contribution is -0.149. The van der Waals surface area contributed by atoms with Gasteiger partial charge in [-0.1, -0.05) is 0 Å². The van der Waals surface area contributed by atoms with E-state index in [0.717, 1.165) is 12.1 Å². The Bertz CT molecular complexity index is 533. The van der Waals surface area contributed by atoms with E-state index >= 15 is 0 Å². The number of carboxylic acid groups (broad SMARTS) is 1. The lowest BCUT2D eigenvalue weighted by atomic mass is 10.2. The van der Waals surface area contributed by atoms with Gasteiger partial charge in [0, 0.05) is 18.3 Å². The molecule has 2 atom stereocenters. The molecule has 0 radical (unpaired) electrons. The summed E-state index contributed by atoms with van der Waals surface area (Å²) in [4.78, 5) is 22.3. The SMILES string of the molecule is O=C(NCC1CCC(C(=O)O)O1)Nc1cc(F)cc(F)c1. The molecule has 0 saturated carbocycles. The number of hydrogen-bond donors (Lipinski definition) is 3. The van der Waals surface area contributed by atoms with Crippen molar-refractivity contribution in [3.05, 3.63) is 29.8 Å². The van der Waals surface area contributed by atoms with Crippen LogP contribution in [0.5, 0.6) is 0 Å². The molecule has 6 nitrogen and oxygen atoms in total. The van der Waals surface area contributed by atoms with Crippen LogP contribution in [0, 0.1) is 11.6 Å². The number of halogens is 2. The number of aliphatic carboxylic acids is 1. The van der Waals surface area contributed by atoms with Gasteiger partial charge in [-0.2, -0.15) is 0 Å². The standard InChI is InChI=1S/C13H14F2N2O4/c14-7-3-8(15)5-9(4-7)17-13(20)16-6-10-1-2-11(21-10)12(18)19/h3-5,10-11H,1-2,6H2,(H,18,19)(H2,16,17,20). The quantitative estimate of drug-likeness (QED) is 0.790. The minimum Gasteiger partial charge on any atom is -0.479 e. The topological polar surface area (TPSA) is 87.7 Å². The first kappa shape index (κ1) is 15.2. The van der Waals surface area contributed by atoms with Crippen molar-refractivity contribution in [1.82, 2.24) is 5.32 Å². The van der Waals surface area contributed by atoms with Crippen LogP contribution >= 0.6 is 0 Å². The second-order valence-electron chi connectivity index (χ2n) is 4.66. The highest BCUT2D eigenvalue weighted by atomic mass is 19.1. The molecule has 0 spiro atoms. The summed E-state index contributed by atoms with van der Waals surface area (Å²) in [6.45, 7) is 0.118. The number of ether oxygens (including phenoxy) is 1. The van der Waals surface area contributed by atoms with E-state index in [0.29, 0.717) is 18.9 Å². The Balaban J connectivity index is 1.79. The van der Waals surface area contributed by atoms with Crippen molar-refractivity contribution in [3.8, 4) is 0 Å². The van der Waals surface area contributed by atoms with Crippen LogP contribution in [0.3, 0.4) is 0 Å². The van der Waals surface area contributed by atoms with Gasteiger partial charge in [-0.3, -0.25) is 0 Å². The Morgan fingerprint density at radius 3 is 2.48 bits per heavy atom. The Morgan fingerprint density at radius 2 is 1.90 bits per heavy atom. The van der Waals surface area contributed by atoms with Gasteiger partial charge >= 0.3 is 12.0 Å². The summed E-state index contributed by atoms with van der Waals surface area (Å²) in [5.74, 6) is -2.63. The molecule has 2 rings (SSSR count). The van der Waals surface area contributed by atoms with Gasteiger partial charge in [0.15, 0.2) is 6.10 Å². The first-order valence-electron chi connectivity index (χ1n) is 6.33. The van der Waals surface area contributed by atoms with E-state index in [-0.39, 0.29) is 18.3 Å². The minimum atomic E-state index is -1.03. The number of anilines is 1. The highest BCUT2D eigenvalue weighted by molar-refractivity contribution is 5.89. The molecule has 2 amide bonds. The van der Waals surface area contributed by atoms with Crippen LogP contribution in [0.25, 0.3) is 0 Å². The van der Waals surface area contributed by atoms with E-state index in [1.165, 1.54) is 0 Å². The Kier molecular flexibility index (Phi) is 4.69. The largest absolute Gasteiger partial charge is 0.479 e. The maximum Gasteiger partial charge on any atom is 0.332 e. The molecule has 8 heteroatoms. The van der Waals surface area contributed by atoms with Crippen LogP contribution in [0.2, 0.25) is 0 Å². The summed E-state index contributed by atoms with van der Waals surface area (Å²) in [6, 6.07) is 2.01. The summed E-state index contributed by atoms with van der Waals surface area (Å²) in [5, 5.41) is 13.5. The molecule has 1 aromatic rings. The summed E-state index contributed by atoms with van der Waals surface area (Å²) in [6.07, 6.45) is -0.331. The van der Waals surface area contributed by atoms with Crippen LogP contribution in [-0.4, -0.2) is 35.9 Å². The predicted octanol–water partition coefficient (Wildman–Crippen LogP) is 1.72. The predicted molar refractivity (Wildman–Crippen MR) is 68.9 cm³/mol. The lowest BCUT2D eigenvalue weighted by Crippen LogP contribution is -2.35. The third-order valence-corrected chi connectivity index (χ3v) is 2.99. The van der Waals surface area contributed by atoms with Crippen LogP contribution in [-0.2, 0) is 9.53 Å². The van der Waals surface area contributed by atoms with Gasteiger partial charge in [-0.25, -0.2) is 18.4 Å². The number of benzene rings is 1. The maximum atomic E-state index is 12.9. The number of hydrogen-bond acceptors (Lipinski definition) is 3. The van der Waals surface area contributed by atoms with E-state index in [2.05, 4.69) is 10.6 Å². The third kappa shape index (κ3) is 4.38. The van der Waals surface area contributed by atoms with Crippen molar-refractivity contribution >= 4 is 17.7 Å². The molecule has 1 aliphatic heterocycles. The van der Waals surface area contributed by atoms with Crippen molar-refractivity contribution < 1.29 is 28.2 Å². The van der Waals surface area contributed by atoms with E-state index in [4.69, 9.17) is 9.84 Å². The highest BCUT2D eigenvalue weighted by Gasteiger charge is 2.30. The third-order valence-electron chi connectivity index (χ3n) is 2.99. The zero-order valence-electron chi connectivity index (χ0n) is 10.9. The van der Waals surface area contributed by atoms with Crippen molar-refractivity contribution in [3.63, 3.8) is 0 Å². The fraction of sp³-hybridized carbons (Fsp3) is 0.385. The smallest absolute Gasteiger partial charge is 0.332 e. The van der Waals surface area contributed by atoms with E-state index in [1.807, 2.05) is 0 Å². The molecule has 0 bridgehead atoms. The summed E-state index contributed by atoms with van der Waals surface area (Å²) in [5.41, 5.74) is -0.0132. The summed E-state index contributed by atoms with van der Waals surface area (Å²) >= 11 is 0. The van der Waals surface area contributed by atoms with Gasteiger partial charge in [0.1, 0.15) is 11.6 Å². The van der Waals surface area contributed by atoms with Crippen LogP contribution in [0.4, 0.5) is 19.3 Å². The van der Waals surface area contributed by atoms with Crippen molar-refractivity contribution in [1.29, 1.82) is 0 Å². The molecule has 1 aliphatic rings. The van der Waals surface area contributed by atoms with Crippen molar-refractivity contribution in [2.24, 2.45) is 0 Å². The van der Waals surface area contributed by atoms with Gasteiger partial charge in [-0.15, -0.1) is 0 Å². The Hall–Kier alpha value is -2.22. The zero-order chi connectivity index (χ0) is 15.4. The molecule has 0 aliphatic carbocycles. The van der Waals surface area contributed by atoms with Gasteiger partial charge < -0.3 is 20.5 Å². The van der Waals surface area contributed by atoms with Crippen LogP contribution in [0.15, 0.2) is 18.2 Å². The second-order valence-corrected chi connectivity index (χ2v) is 4.66.